The van der Waals surface area contributed by atoms with E-state index in [4.69, 9.17) is 24.5 Å². The van der Waals surface area contributed by atoms with Crippen LogP contribution in [-0.4, -0.2) is 46.8 Å². The van der Waals surface area contributed by atoms with Crippen LogP contribution in [0.25, 0.3) is 11.0 Å². The summed E-state index contributed by atoms with van der Waals surface area (Å²) in [6, 6.07) is 17.9. The lowest BCUT2D eigenvalue weighted by Crippen LogP contribution is -2.34. The number of nitrogens with zero attached hydrogens (tertiary/aromatic N) is 4. The van der Waals surface area contributed by atoms with E-state index in [0.717, 1.165) is 49.4 Å². The van der Waals surface area contributed by atoms with E-state index in [1.165, 1.54) is 24.3 Å². The third-order valence-corrected chi connectivity index (χ3v) is 7.64. The number of carbonyl (C=O) groups excluding carboxylic acids is 1. The minimum Gasteiger partial charge on any atom is -0.489 e. The number of ether oxygens (including phenoxy) is 3. The number of halogens is 1. The Bertz CT molecular complexity index is 1620. The van der Waals surface area contributed by atoms with Gasteiger partial charge in [-0.25, -0.2) is 14.2 Å². The number of imidazole rings is 1. The number of carbonyl (C=O) groups is 1. The smallest absolute Gasteiger partial charge is 0.337 e. The molecule has 3 aromatic carbocycles. The van der Waals surface area contributed by atoms with Crippen LogP contribution >= 0.6 is 0 Å². The summed E-state index contributed by atoms with van der Waals surface area (Å²) in [5, 5.41) is 8.93. The molecule has 6 rings (SSSR count). The van der Waals surface area contributed by atoms with E-state index in [9.17, 15) is 9.18 Å². The Balaban J connectivity index is 1.17. The first kappa shape index (κ1) is 26.0. The van der Waals surface area contributed by atoms with Crippen molar-refractivity contribution in [1.29, 1.82) is 5.26 Å². The largest absolute Gasteiger partial charge is 0.489 e. The predicted molar refractivity (Wildman–Crippen MR) is 145 cm³/mol. The van der Waals surface area contributed by atoms with Crippen LogP contribution in [-0.2, 0) is 42.1 Å². The van der Waals surface area contributed by atoms with Crippen LogP contribution in [0.3, 0.4) is 0 Å². The monoisotopic (exact) mass is 540 g/mol. The number of hydrogen-bond acceptors (Lipinski definition) is 7. The fourth-order valence-corrected chi connectivity index (χ4v) is 5.28. The van der Waals surface area contributed by atoms with E-state index < -0.39 is 5.82 Å². The maximum Gasteiger partial charge on any atom is 0.337 e. The van der Waals surface area contributed by atoms with E-state index in [2.05, 4.69) is 15.5 Å². The van der Waals surface area contributed by atoms with Crippen LogP contribution in [0.4, 0.5) is 4.39 Å². The first-order valence-electron chi connectivity index (χ1n) is 13.4. The molecule has 0 aliphatic carbocycles. The Hall–Kier alpha value is -4.26. The molecule has 0 saturated carbocycles. The van der Waals surface area contributed by atoms with E-state index in [1.54, 1.807) is 18.2 Å². The summed E-state index contributed by atoms with van der Waals surface area (Å²) in [4.78, 5) is 19.5. The van der Waals surface area contributed by atoms with Crippen LogP contribution in [0, 0.1) is 17.1 Å². The average Bonchev–Trinajstić information content (AvgIpc) is 3.29. The topological polar surface area (TPSA) is 89.6 Å². The Morgan fingerprint density at radius 2 is 2.05 bits per heavy atom. The van der Waals surface area contributed by atoms with Crippen molar-refractivity contribution in [1.82, 2.24) is 14.5 Å². The number of fused-ring (bicyclic) bond motifs is 2. The van der Waals surface area contributed by atoms with Crippen molar-refractivity contribution in [3.8, 4) is 11.8 Å². The van der Waals surface area contributed by atoms with Crippen LogP contribution in [0.1, 0.15) is 44.9 Å². The Morgan fingerprint density at radius 1 is 1.18 bits per heavy atom. The zero-order valence-electron chi connectivity index (χ0n) is 22.2. The second-order valence-corrected chi connectivity index (χ2v) is 10.2. The van der Waals surface area contributed by atoms with Gasteiger partial charge in [0.25, 0.3) is 0 Å². The van der Waals surface area contributed by atoms with Crippen molar-refractivity contribution in [2.24, 2.45) is 0 Å². The second-order valence-electron chi connectivity index (χ2n) is 10.2. The number of rotatable bonds is 8. The lowest BCUT2D eigenvalue weighted by molar-refractivity contribution is -0.0592. The van der Waals surface area contributed by atoms with Crippen molar-refractivity contribution in [3.63, 3.8) is 0 Å². The molecule has 1 saturated heterocycles. The molecule has 3 heterocycles. The number of benzene rings is 3. The zero-order chi connectivity index (χ0) is 27.6. The second kappa shape index (κ2) is 11.1. The van der Waals surface area contributed by atoms with Crippen molar-refractivity contribution in [3.05, 3.63) is 94.1 Å². The maximum absolute atomic E-state index is 14.2. The lowest BCUT2D eigenvalue weighted by Gasteiger charge is -2.30. The molecule has 1 aromatic heterocycles. The number of methoxy groups -OCH3 is 1. The molecule has 0 spiro atoms. The number of aromatic nitrogens is 2. The molecule has 0 radical (unpaired) electrons. The summed E-state index contributed by atoms with van der Waals surface area (Å²) >= 11 is 0. The highest BCUT2D eigenvalue weighted by molar-refractivity contribution is 5.93. The molecular formula is C31H29FN4O4. The number of esters is 1. The summed E-state index contributed by atoms with van der Waals surface area (Å²) in [5.41, 5.74) is 5.40. The highest BCUT2D eigenvalue weighted by atomic mass is 19.1. The summed E-state index contributed by atoms with van der Waals surface area (Å²) in [5.74, 6) is 0.832. The summed E-state index contributed by atoms with van der Waals surface area (Å²) < 4.78 is 32.9. The Kier molecular flexibility index (Phi) is 7.20. The van der Waals surface area contributed by atoms with E-state index in [1.807, 2.05) is 30.3 Å². The van der Waals surface area contributed by atoms with Gasteiger partial charge in [-0.1, -0.05) is 12.1 Å². The minimum absolute atomic E-state index is 0.0983. The predicted octanol–water partition coefficient (Wildman–Crippen LogP) is 4.76. The lowest BCUT2D eigenvalue weighted by atomic mass is 9.99. The number of hydrogen-bond donors (Lipinski definition) is 0. The van der Waals surface area contributed by atoms with Crippen molar-refractivity contribution in [2.75, 3.05) is 20.3 Å². The molecule has 40 heavy (non-hydrogen) atoms. The SMILES string of the molecule is COC(=O)c1ccc2nc(CN3CCc4cc(OCc5ccc(C#N)cc5F)ccc4C3)n(CC3CCO3)c2c1. The standard InChI is InChI=1S/C31H29FN4O4/c1-38-31(37)22-5-7-28-29(14-22)36(17-26-9-11-39-26)30(34-28)18-35-10-8-21-13-25(6-4-23(21)16-35)40-19-24-3-2-20(15-33)12-27(24)32/h2-7,12-14,26H,8-11,16-19H2,1H3. The molecule has 1 unspecified atom stereocenters. The third kappa shape index (κ3) is 5.28. The zero-order valence-corrected chi connectivity index (χ0v) is 22.2. The third-order valence-electron chi connectivity index (χ3n) is 7.64. The molecule has 9 heteroatoms. The molecule has 204 valence electrons. The summed E-state index contributed by atoms with van der Waals surface area (Å²) in [6.45, 7) is 3.87. The molecule has 8 nitrogen and oxygen atoms in total. The summed E-state index contributed by atoms with van der Waals surface area (Å²) in [7, 11) is 1.38. The van der Waals surface area contributed by atoms with Gasteiger partial charge in [0.05, 0.1) is 54.5 Å². The summed E-state index contributed by atoms with van der Waals surface area (Å²) in [6.07, 6.45) is 2.02. The highest BCUT2D eigenvalue weighted by Crippen LogP contribution is 2.28. The fourth-order valence-electron chi connectivity index (χ4n) is 5.28. The highest BCUT2D eigenvalue weighted by Gasteiger charge is 2.25. The van der Waals surface area contributed by atoms with E-state index in [-0.39, 0.29) is 24.2 Å². The molecule has 4 aromatic rings. The van der Waals surface area contributed by atoms with Gasteiger partial charge in [0.2, 0.25) is 0 Å². The van der Waals surface area contributed by atoms with Gasteiger partial charge in [-0.2, -0.15) is 5.26 Å². The number of nitriles is 1. The van der Waals surface area contributed by atoms with Crippen LogP contribution < -0.4 is 4.74 Å². The molecule has 0 bridgehead atoms. The van der Waals surface area contributed by atoms with Crippen molar-refractivity contribution in [2.45, 2.75) is 45.2 Å². The van der Waals surface area contributed by atoms with Crippen molar-refractivity contribution >= 4 is 17.0 Å². The van der Waals surface area contributed by atoms with E-state index >= 15 is 0 Å². The normalized spacial score (nSPS) is 16.7. The first-order valence-corrected chi connectivity index (χ1v) is 13.4. The van der Waals surface area contributed by atoms with Gasteiger partial charge in [0, 0.05) is 25.3 Å². The Labute approximate surface area is 231 Å². The molecule has 2 aliphatic heterocycles. The van der Waals surface area contributed by atoms with Gasteiger partial charge in [0.15, 0.2) is 0 Å². The molecule has 1 fully saturated rings. The van der Waals surface area contributed by atoms with Gasteiger partial charge in [-0.15, -0.1) is 0 Å². The molecular weight excluding hydrogens is 511 g/mol. The van der Waals surface area contributed by atoms with Gasteiger partial charge in [-0.3, -0.25) is 4.90 Å². The van der Waals surface area contributed by atoms with Gasteiger partial charge in [-0.05, 0) is 66.4 Å². The maximum atomic E-state index is 14.2. The molecule has 0 N–H and O–H groups in total. The minimum atomic E-state index is -0.441. The van der Waals surface area contributed by atoms with Gasteiger partial charge >= 0.3 is 5.97 Å². The first-order chi connectivity index (χ1) is 19.5. The van der Waals surface area contributed by atoms with Crippen molar-refractivity contribution < 1.29 is 23.4 Å². The molecule has 2 aliphatic rings. The quantitative estimate of drug-likeness (QED) is 0.298. The molecule has 0 amide bonds. The van der Waals surface area contributed by atoms with Gasteiger partial charge < -0.3 is 18.8 Å². The van der Waals surface area contributed by atoms with Gasteiger partial charge in [0.1, 0.15) is 24.0 Å². The van der Waals surface area contributed by atoms with E-state index in [0.29, 0.717) is 30.0 Å². The molecule has 1 atom stereocenters. The van der Waals surface area contributed by atoms with Crippen LogP contribution in [0.5, 0.6) is 5.75 Å². The fraction of sp³-hybridized carbons (Fsp3) is 0.323. The average molecular weight is 541 g/mol. The van der Waals surface area contributed by atoms with Crippen LogP contribution in [0.2, 0.25) is 0 Å². The van der Waals surface area contributed by atoms with Crippen LogP contribution in [0.15, 0.2) is 54.6 Å². The Morgan fingerprint density at radius 3 is 2.80 bits per heavy atom.